The maximum atomic E-state index is 12.4. The summed E-state index contributed by atoms with van der Waals surface area (Å²) in [5.74, 6) is 1.11. The molecule has 3 aliphatic rings. The Hall–Kier alpha value is -3.17. The number of fused-ring (bicyclic) bond motifs is 3. The van der Waals surface area contributed by atoms with Gasteiger partial charge in [0.1, 0.15) is 11.9 Å². The second-order valence-electron chi connectivity index (χ2n) is 8.05. The number of hydrazine groups is 1. The smallest absolute Gasteiger partial charge is 0.234 e. The molecule has 0 aromatic heterocycles. The SMILES string of the molecule is COc1ccc(C2CC3C4NN=C(SCC(=O)Nc5cccc(C)c5)N4C=CN3N2)cc1. The van der Waals surface area contributed by atoms with Crippen LogP contribution in [0.2, 0.25) is 0 Å². The highest BCUT2D eigenvalue weighted by Gasteiger charge is 2.44. The maximum absolute atomic E-state index is 12.4. The predicted octanol–water partition coefficient (Wildman–Crippen LogP) is 2.98. The minimum Gasteiger partial charge on any atom is -0.497 e. The van der Waals surface area contributed by atoms with Gasteiger partial charge in [-0.1, -0.05) is 36.0 Å². The Bertz CT molecular complexity index is 1060. The van der Waals surface area contributed by atoms with E-state index in [2.05, 4.69) is 43.3 Å². The highest BCUT2D eigenvalue weighted by Crippen LogP contribution is 2.35. The van der Waals surface area contributed by atoms with Gasteiger partial charge in [0, 0.05) is 18.1 Å². The van der Waals surface area contributed by atoms with E-state index in [1.807, 2.05) is 55.7 Å². The number of carbonyl (C=O) groups excluding carboxylic acids is 1. The first-order chi connectivity index (χ1) is 15.6. The molecule has 0 bridgehead atoms. The zero-order valence-corrected chi connectivity index (χ0v) is 18.8. The van der Waals surface area contributed by atoms with Crippen molar-refractivity contribution in [3.05, 3.63) is 72.1 Å². The molecule has 0 saturated carbocycles. The van der Waals surface area contributed by atoms with Gasteiger partial charge in [0.15, 0.2) is 5.17 Å². The van der Waals surface area contributed by atoms with E-state index in [1.165, 1.54) is 17.3 Å². The highest BCUT2D eigenvalue weighted by atomic mass is 32.2. The summed E-state index contributed by atoms with van der Waals surface area (Å²) in [5.41, 5.74) is 9.99. The van der Waals surface area contributed by atoms with Gasteiger partial charge < -0.3 is 20.0 Å². The summed E-state index contributed by atoms with van der Waals surface area (Å²) in [6.07, 6.45) is 5.01. The summed E-state index contributed by atoms with van der Waals surface area (Å²) >= 11 is 1.43. The van der Waals surface area contributed by atoms with Gasteiger partial charge in [0.2, 0.25) is 5.91 Å². The summed E-state index contributed by atoms with van der Waals surface area (Å²) in [4.78, 5) is 14.5. The van der Waals surface area contributed by atoms with E-state index in [0.29, 0.717) is 5.75 Å². The van der Waals surface area contributed by atoms with Crippen molar-refractivity contribution in [2.75, 3.05) is 18.2 Å². The molecular formula is C23H26N6O2S. The standard InChI is InChI=1S/C23H26N6O2S/c1-15-4-3-5-17(12-15)24-21(30)14-32-23-26-25-22-20-13-19(27-29(20)11-10-28(22)23)16-6-8-18(31-2)9-7-16/h3-12,19-20,22,25,27H,13-14H2,1-2H3,(H,24,30). The van der Waals surface area contributed by atoms with Crippen molar-refractivity contribution in [1.82, 2.24) is 20.8 Å². The molecule has 3 unspecified atom stereocenters. The van der Waals surface area contributed by atoms with Crippen molar-refractivity contribution in [2.24, 2.45) is 5.10 Å². The number of hydrazone groups is 1. The normalized spacial score (nSPS) is 23.3. The zero-order chi connectivity index (χ0) is 22.1. The molecule has 0 aliphatic carbocycles. The Morgan fingerprint density at radius 3 is 2.88 bits per heavy atom. The number of aryl methyl sites for hydroxylation is 1. The lowest BCUT2D eigenvalue weighted by Gasteiger charge is -2.36. The lowest BCUT2D eigenvalue weighted by atomic mass is 10.00. The highest BCUT2D eigenvalue weighted by molar-refractivity contribution is 8.14. The Kier molecular flexibility index (Phi) is 5.67. The molecule has 3 aliphatic heterocycles. The van der Waals surface area contributed by atoms with Crippen LogP contribution in [-0.2, 0) is 4.79 Å². The molecule has 2 aromatic carbocycles. The van der Waals surface area contributed by atoms with E-state index < -0.39 is 0 Å². The van der Waals surface area contributed by atoms with Crippen LogP contribution in [0.25, 0.3) is 0 Å². The first-order valence-electron chi connectivity index (χ1n) is 10.6. The summed E-state index contributed by atoms with van der Waals surface area (Å²) in [5, 5.41) is 10.4. The second-order valence-corrected chi connectivity index (χ2v) is 8.99. The summed E-state index contributed by atoms with van der Waals surface area (Å²) in [7, 11) is 1.68. The monoisotopic (exact) mass is 450 g/mol. The number of amidine groups is 1. The van der Waals surface area contributed by atoms with Gasteiger partial charge in [-0.15, -0.1) is 0 Å². The Labute approximate surface area is 191 Å². The molecule has 3 heterocycles. The average molecular weight is 451 g/mol. The minimum atomic E-state index is -0.0449. The average Bonchev–Trinajstić information content (AvgIpc) is 3.42. The largest absolute Gasteiger partial charge is 0.497 e. The third kappa shape index (κ3) is 4.13. The van der Waals surface area contributed by atoms with Crippen LogP contribution in [0.15, 0.2) is 66.0 Å². The number of thioether (sulfide) groups is 1. The number of rotatable bonds is 5. The molecule has 9 heteroatoms. The molecule has 1 amide bonds. The van der Waals surface area contributed by atoms with Crippen molar-refractivity contribution < 1.29 is 9.53 Å². The van der Waals surface area contributed by atoms with Gasteiger partial charge in [-0.05, 0) is 48.7 Å². The fourth-order valence-corrected chi connectivity index (χ4v) is 5.03. The lowest BCUT2D eigenvalue weighted by molar-refractivity contribution is -0.113. The predicted molar refractivity (Wildman–Crippen MR) is 127 cm³/mol. The van der Waals surface area contributed by atoms with Crippen molar-refractivity contribution in [1.29, 1.82) is 0 Å². The first kappa shape index (κ1) is 20.7. The number of anilines is 1. The Morgan fingerprint density at radius 2 is 2.09 bits per heavy atom. The third-order valence-electron chi connectivity index (χ3n) is 5.86. The molecule has 166 valence electrons. The van der Waals surface area contributed by atoms with Gasteiger partial charge >= 0.3 is 0 Å². The molecule has 3 atom stereocenters. The topological polar surface area (TPSA) is 81.2 Å². The molecule has 8 nitrogen and oxygen atoms in total. The van der Waals surface area contributed by atoms with Crippen LogP contribution in [0.4, 0.5) is 5.69 Å². The van der Waals surface area contributed by atoms with Gasteiger partial charge in [-0.2, -0.15) is 5.10 Å². The Balaban J connectivity index is 1.18. The van der Waals surface area contributed by atoms with Crippen LogP contribution in [0, 0.1) is 6.92 Å². The number of hydrogen-bond donors (Lipinski definition) is 3. The van der Waals surface area contributed by atoms with Gasteiger partial charge in [-0.25, -0.2) is 5.43 Å². The van der Waals surface area contributed by atoms with E-state index in [0.717, 1.165) is 28.6 Å². The van der Waals surface area contributed by atoms with Crippen molar-refractivity contribution in [3.63, 3.8) is 0 Å². The number of hydrogen-bond acceptors (Lipinski definition) is 8. The molecule has 1 saturated heterocycles. The number of nitrogens with zero attached hydrogens (tertiary/aromatic N) is 3. The molecule has 0 radical (unpaired) electrons. The van der Waals surface area contributed by atoms with E-state index >= 15 is 0 Å². The van der Waals surface area contributed by atoms with Crippen molar-refractivity contribution in [3.8, 4) is 5.75 Å². The van der Waals surface area contributed by atoms with Crippen LogP contribution in [0.3, 0.4) is 0 Å². The van der Waals surface area contributed by atoms with Gasteiger partial charge in [0.25, 0.3) is 0 Å². The van der Waals surface area contributed by atoms with E-state index in [9.17, 15) is 4.79 Å². The lowest BCUT2D eigenvalue weighted by Crippen LogP contribution is -2.54. The number of carbonyl (C=O) groups is 1. The van der Waals surface area contributed by atoms with Crippen LogP contribution in [0.5, 0.6) is 5.75 Å². The fraction of sp³-hybridized carbons (Fsp3) is 0.304. The maximum Gasteiger partial charge on any atom is 0.234 e. The fourth-order valence-electron chi connectivity index (χ4n) is 4.25. The Morgan fingerprint density at radius 1 is 1.25 bits per heavy atom. The molecular weight excluding hydrogens is 424 g/mol. The summed E-state index contributed by atoms with van der Waals surface area (Å²) < 4.78 is 5.27. The van der Waals surface area contributed by atoms with Crippen LogP contribution in [0.1, 0.15) is 23.6 Å². The quantitative estimate of drug-likeness (QED) is 0.646. The second kappa shape index (κ2) is 8.76. The molecule has 1 fully saturated rings. The van der Waals surface area contributed by atoms with Crippen LogP contribution < -0.4 is 20.9 Å². The number of amides is 1. The van der Waals surface area contributed by atoms with Crippen molar-refractivity contribution in [2.45, 2.75) is 31.6 Å². The molecule has 5 rings (SSSR count). The van der Waals surface area contributed by atoms with Crippen molar-refractivity contribution >= 4 is 28.5 Å². The summed E-state index contributed by atoms with van der Waals surface area (Å²) in [6, 6.07) is 16.4. The first-order valence-corrected chi connectivity index (χ1v) is 11.6. The molecule has 2 aromatic rings. The molecule has 3 N–H and O–H groups in total. The van der Waals surface area contributed by atoms with E-state index in [1.54, 1.807) is 7.11 Å². The van der Waals surface area contributed by atoms with E-state index in [-0.39, 0.29) is 24.2 Å². The number of ether oxygens (including phenoxy) is 1. The zero-order valence-electron chi connectivity index (χ0n) is 18.0. The molecule has 0 spiro atoms. The summed E-state index contributed by atoms with van der Waals surface area (Å²) in [6.45, 7) is 2.01. The molecule has 32 heavy (non-hydrogen) atoms. The number of nitrogens with one attached hydrogen (secondary N) is 3. The number of benzene rings is 2. The minimum absolute atomic E-state index is 0.0260. The van der Waals surface area contributed by atoms with Crippen LogP contribution >= 0.6 is 11.8 Å². The van der Waals surface area contributed by atoms with Crippen LogP contribution in [-0.4, -0.2) is 46.1 Å². The number of methoxy groups -OCH3 is 1. The third-order valence-corrected chi connectivity index (χ3v) is 6.82. The van der Waals surface area contributed by atoms with E-state index in [4.69, 9.17) is 4.74 Å². The van der Waals surface area contributed by atoms with Gasteiger partial charge in [-0.3, -0.25) is 10.2 Å². The van der Waals surface area contributed by atoms with Gasteiger partial charge in [0.05, 0.1) is 24.9 Å².